The number of quaternary nitrogens is 1. The second-order valence-electron chi connectivity index (χ2n) is 16.1. The lowest BCUT2D eigenvalue weighted by atomic mass is 10.1. The Morgan fingerprint density at radius 3 is 1.37 bits per heavy atom. The monoisotopic (exact) mass is 787 g/mol. The van der Waals surface area contributed by atoms with Crippen molar-refractivity contribution in [2.45, 2.75) is 200 Å². The zero-order chi connectivity index (χ0) is 40.0. The highest BCUT2D eigenvalue weighted by Crippen LogP contribution is 2.43. The van der Waals surface area contributed by atoms with Crippen LogP contribution in [0.2, 0.25) is 0 Å². The highest BCUT2D eigenvalue weighted by Gasteiger charge is 2.27. The number of hydrogen-bond donors (Lipinski definition) is 1. The predicted molar refractivity (Wildman–Crippen MR) is 224 cm³/mol. The van der Waals surface area contributed by atoms with Crippen molar-refractivity contribution >= 4 is 19.8 Å². The first-order valence-electron chi connectivity index (χ1n) is 22.1. The Morgan fingerprint density at radius 2 is 0.944 bits per heavy atom. The van der Waals surface area contributed by atoms with E-state index in [4.69, 9.17) is 18.5 Å². The van der Waals surface area contributed by atoms with E-state index in [1.165, 1.54) is 89.9 Å². The van der Waals surface area contributed by atoms with Gasteiger partial charge in [0.05, 0.1) is 27.7 Å². The molecule has 0 aliphatic carbocycles. The summed E-state index contributed by atoms with van der Waals surface area (Å²) in [5.74, 6) is -0.814. The smallest absolute Gasteiger partial charge is 0.462 e. The molecule has 0 rings (SSSR count). The lowest BCUT2D eigenvalue weighted by molar-refractivity contribution is -0.870. The van der Waals surface area contributed by atoms with E-state index < -0.39 is 26.5 Å². The summed E-state index contributed by atoms with van der Waals surface area (Å²) in [6.45, 7) is 4.40. The van der Waals surface area contributed by atoms with Gasteiger partial charge in [-0.2, -0.15) is 0 Å². The first kappa shape index (κ1) is 52.5. The molecular weight excluding hydrogens is 701 g/mol. The zero-order valence-electron chi connectivity index (χ0n) is 35.7. The predicted octanol–water partition coefficient (Wildman–Crippen LogP) is 12.4. The van der Waals surface area contributed by atoms with E-state index in [1.807, 2.05) is 21.1 Å². The molecule has 1 unspecified atom stereocenters. The van der Waals surface area contributed by atoms with Gasteiger partial charge in [-0.15, -0.1) is 0 Å². The van der Waals surface area contributed by atoms with Crippen LogP contribution in [0.3, 0.4) is 0 Å². The van der Waals surface area contributed by atoms with E-state index in [0.717, 1.165) is 70.6 Å². The number of carbonyl (C=O) groups is 2. The third-order valence-corrected chi connectivity index (χ3v) is 10.4. The molecule has 2 atom stereocenters. The minimum Gasteiger partial charge on any atom is -0.462 e. The van der Waals surface area contributed by atoms with E-state index in [9.17, 15) is 19.0 Å². The number of phosphoric acid groups is 1. The molecule has 0 radical (unpaired) electrons. The molecule has 0 amide bonds. The summed E-state index contributed by atoms with van der Waals surface area (Å²) in [6, 6.07) is 0. The number of nitrogens with zero attached hydrogens (tertiary/aromatic N) is 1. The second kappa shape index (κ2) is 37.1. The van der Waals surface area contributed by atoms with Crippen molar-refractivity contribution in [1.82, 2.24) is 0 Å². The second-order valence-corrected chi connectivity index (χ2v) is 17.5. The molecule has 0 saturated carbocycles. The van der Waals surface area contributed by atoms with Crippen LogP contribution in [0.15, 0.2) is 24.3 Å². The number of ether oxygens (including phenoxy) is 2. The molecule has 318 valence electrons. The number of rotatable bonds is 40. The van der Waals surface area contributed by atoms with E-state index in [2.05, 4.69) is 38.2 Å². The Kier molecular flexibility index (Phi) is 36.1. The Labute approximate surface area is 332 Å². The Balaban J connectivity index is 4.38. The van der Waals surface area contributed by atoms with Crippen LogP contribution in [0, 0.1) is 0 Å². The fourth-order valence-corrected chi connectivity index (χ4v) is 6.69. The van der Waals surface area contributed by atoms with Crippen molar-refractivity contribution in [2.75, 3.05) is 47.5 Å². The Morgan fingerprint density at radius 1 is 0.556 bits per heavy atom. The van der Waals surface area contributed by atoms with Crippen LogP contribution in [-0.2, 0) is 32.7 Å². The summed E-state index contributed by atoms with van der Waals surface area (Å²) in [7, 11) is 1.47. The van der Waals surface area contributed by atoms with Crippen LogP contribution in [0.1, 0.15) is 194 Å². The van der Waals surface area contributed by atoms with Crippen LogP contribution in [0.4, 0.5) is 0 Å². The van der Waals surface area contributed by atoms with Gasteiger partial charge in [-0.25, -0.2) is 4.57 Å². The largest absolute Gasteiger partial charge is 0.472 e. The van der Waals surface area contributed by atoms with E-state index in [0.29, 0.717) is 17.4 Å². The molecule has 54 heavy (non-hydrogen) atoms. The summed E-state index contributed by atoms with van der Waals surface area (Å²) in [5.41, 5.74) is 0. The minimum atomic E-state index is -4.37. The van der Waals surface area contributed by atoms with Crippen molar-refractivity contribution in [3.63, 3.8) is 0 Å². The quantitative estimate of drug-likeness (QED) is 0.0215. The standard InChI is InChI=1S/C44H84NO8P/c1-6-8-10-12-14-16-18-20-22-24-26-28-30-32-34-36-43(46)50-40-42(41-52-54(48,49)51-39-38-45(3,4)5)53-44(47)37-35-33-31-29-27-25-23-21-19-17-15-13-11-9-7-2/h20-23,42H,6-19,24-41H2,1-5H3/p+1/t42-/m1/s1. The van der Waals surface area contributed by atoms with Crippen LogP contribution in [-0.4, -0.2) is 74.9 Å². The van der Waals surface area contributed by atoms with E-state index in [-0.39, 0.29) is 32.0 Å². The van der Waals surface area contributed by atoms with Gasteiger partial charge in [0.15, 0.2) is 6.10 Å². The molecule has 0 aromatic heterocycles. The molecule has 0 bridgehead atoms. The van der Waals surface area contributed by atoms with Crippen molar-refractivity contribution in [2.24, 2.45) is 0 Å². The SMILES string of the molecule is CCCCCCCCC=CCCCCCCCC(=O)OC[C@H](COP(=O)(O)OCC[N+](C)(C)C)OC(=O)CCCCCCCC=CCCCCCCCC. The van der Waals surface area contributed by atoms with Crippen LogP contribution in [0.25, 0.3) is 0 Å². The molecule has 1 N–H and O–H groups in total. The molecule has 10 heteroatoms. The number of allylic oxidation sites excluding steroid dienone is 4. The van der Waals surface area contributed by atoms with Gasteiger partial charge < -0.3 is 18.9 Å². The van der Waals surface area contributed by atoms with Gasteiger partial charge in [-0.1, -0.05) is 141 Å². The first-order chi connectivity index (χ1) is 26.0. The normalized spacial score (nSPS) is 13.8. The number of hydrogen-bond acceptors (Lipinski definition) is 7. The third kappa shape index (κ3) is 40.2. The molecular formula is C44H85NO8P+. The maximum absolute atomic E-state index is 12.7. The van der Waals surface area contributed by atoms with Gasteiger partial charge in [0.1, 0.15) is 19.8 Å². The van der Waals surface area contributed by atoms with Crippen molar-refractivity contribution in [3.8, 4) is 0 Å². The van der Waals surface area contributed by atoms with Crippen LogP contribution >= 0.6 is 7.82 Å². The van der Waals surface area contributed by atoms with Gasteiger partial charge in [0.25, 0.3) is 0 Å². The maximum atomic E-state index is 12.7. The lowest BCUT2D eigenvalue weighted by Gasteiger charge is -2.24. The van der Waals surface area contributed by atoms with Gasteiger partial charge in [0.2, 0.25) is 0 Å². The van der Waals surface area contributed by atoms with E-state index >= 15 is 0 Å². The number of likely N-dealkylation sites (N-methyl/N-ethyl adjacent to an activating group) is 1. The van der Waals surface area contributed by atoms with Crippen LogP contribution < -0.4 is 0 Å². The Hall–Kier alpha value is -1.51. The molecule has 0 saturated heterocycles. The fraction of sp³-hybridized carbons (Fsp3) is 0.864. The average Bonchev–Trinajstić information content (AvgIpc) is 3.12. The molecule has 0 fully saturated rings. The van der Waals surface area contributed by atoms with Gasteiger partial charge in [-0.05, 0) is 64.2 Å². The summed E-state index contributed by atoms with van der Waals surface area (Å²) in [6.07, 6.45) is 39.3. The lowest BCUT2D eigenvalue weighted by Crippen LogP contribution is -2.37. The third-order valence-electron chi connectivity index (χ3n) is 9.45. The molecule has 0 spiro atoms. The summed E-state index contributed by atoms with van der Waals surface area (Å²) in [4.78, 5) is 35.3. The van der Waals surface area contributed by atoms with Crippen molar-refractivity contribution in [1.29, 1.82) is 0 Å². The highest BCUT2D eigenvalue weighted by atomic mass is 31.2. The van der Waals surface area contributed by atoms with Gasteiger partial charge in [0, 0.05) is 12.8 Å². The van der Waals surface area contributed by atoms with Crippen LogP contribution in [0.5, 0.6) is 0 Å². The topological polar surface area (TPSA) is 108 Å². The maximum Gasteiger partial charge on any atom is 0.472 e. The van der Waals surface area contributed by atoms with Gasteiger partial charge in [-0.3, -0.25) is 18.6 Å². The number of phosphoric ester groups is 1. The summed E-state index contributed by atoms with van der Waals surface area (Å²) in [5, 5.41) is 0. The number of carbonyl (C=O) groups excluding carboxylic acids is 2. The molecule has 9 nitrogen and oxygen atoms in total. The molecule has 0 heterocycles. The molecule has 0 aromatic carbocycles. The first-order valence-corrected chi connectivity index (χ1v) is 23.6. The number of unbranched alkanes of at least 4 members (excludes halogenated alkanes) is 22. The number of esters is 2. The summed E-state index contributed by atoms with van der Waals surface area (Å²) < 4.78 is 34.3. The molecule has 0 aliphatic heterocycles. The average molecular weight is 787 g/mol. The summed E-state index contributed by atoms with van der Waals surface area (Å²) >= 11 is 0. The minimum absolute atomic E-state index is 0.0299. The van der Waals surface area contributed by atoms with Crippen molar-refractivity contribution in [3.05, 3.63) is 24.3 Å². The molecule has 0 aliphatic rings. The zero-order valence-corrected chi connectivity index (χ0v) is 36.6. The fourth-order valence-electron chi connectivity index (χ4n) is 5.94. The molecule has 0 aromatic rings. The van der Waals surface area contributed by atoms with Gasteiger partial charge >= 0.3 is 19.8 Å². The van der Waals surface area contributed by atoms with E-state index in [1.54, 1.807) is 0 Å². The highest BCUT2D eigenvalue weighted by molar-refractivity contribution is 7.47. The van der Waals surface area contributed by atoms with Crippen molar-refractivity contribution < 1.29 is 42.1 Å². The Bertz CT molecular complexity index is 980.